The number of rotatable bonds is 4. The molecule has 1 nitrogen and oxygen atoms in total. The van der Waals surface area contributed by atoms with Gasteiger partial charge in [-0.2, -0.15) is 0 Å². The van der Waals surface area contributed by atoms with Gasteiger partial charge in [0.05, 0.1) is 0 Å². The van der Waals surface area contributed by atoms with Gasteiger partial charge in [0.1, 0.15) is 0 Å². The van der Waals surface area contributed by atoms with E-state index in [9.17, 15) is 0 Å². The summed E-state index contributed by atoms with van der Waals surface area (Å²) in [4.78, 5) is 0. The van der Waals surface area contributed by atoms with Gasteiger partial charge in [0.25, 0.3) is 0 Å². The van der Waals surface area contributed by atoms with Crippen LogP contribution in [0.3, 0.4) is 0 Å². The molecular weight excluding hydrogens is 194 g/mol. The zero-order valence-electron chi connectivity index (χ0n) is 9.53. The Morgan fingerprint density at radius 3 is 2.19 bits per heavy atom. The Balaban J connectivity index is 1.94. The van der Waals surface area contributed by atoms with Gasteiger partial charge in [-0.15, -0.1) is 0 Å². The van der Waals surface area contributed by atoms with E-state index in [4.69, 9.17) is 0 Å². The van der Waals surface area contributed by atoms with E-state index in [0.717, 1.165) is 18.7 Å². The zero-order valence-corrected chi connectivity index (χ0v) is 9.53. The summed E-state index contributed by atoms with van der Waals surface area (Å²) in [6.07, 6.45) is 1.10. The molecule has 0 atom stereocenters. The van der Waals surface area contributed by atoms with Gasteiger partial charge in [-0.25, -0.2) is 0 Å². The summed E-state index contributed by atoms with van der Waals surface area (Å²) in [5.74, 6) is 0. The second kappa shape index (κ2) is 5.36. The summed E-state index contributed by atoms with van der Waals surface area (Å²) in [6.45, 7) is 3.04. The highest BCUT2D eigenvalue weighted by Crippen LogP contribution is 2.09. The van der Waals surface area contributed by atoms with E-state index in [1.54, 1.807) is 0 Å². The fourth-order valence-electron chi connectivity index (χ4n) is 1.60. The Hall–Kier alpha value is -1.76. The van der Waals surface area contributed by atoms with Gasteiger partial charge >= 0.3 is 0 Å². The van der Waals surface area contributed by atoms with Crippen LogP contribution in [0.1, 0.15) is 18.1 Å². The van der Waals surface area contributed by atoms with E-state index in [0.29, 0.717) is 0 Å². The zero-order chi connectivity index (χ0) is 11.2. The number of benzene rings is 2. The fourth-order valence-corrected chi connectivity index (χ4v) is 1.60. The van der Waals surface area contributed by atoms with Gasteiger partial charge in [0.15, 0.2) is 0 Å². The molecule has 2 rings (SSSR count). The molecule has 2 aromatic carbocycles. The van der Waals surface area contributed by atoms with Crippen molar-refractivity contribution < 1.29 is 0 Å². The molecular formula is C15H16N. The van der Waals surface area contributed by atoms with Crippen LogP contribution >= 0.6 is 0 Å². The predicted octanol–water partition coefficient (Wildman–Crippen LogP) is 3.66. The lowest BCUT2D eigenvalue weighted by molar-refractivity contribution is 1.11. The summed E-state index contributed by atoms with van der Waals surface area (Å²) in [6, 6.07) is 19.6. The van der Waals surface area contributed by atoms with Crippen molar-refractivity contribution in [3.8, 4) is 0 Å². The average molecular weight is 210 g/mol. The molecule has 0 aliphatic rings. The Bertz CT molecular complexity index is 417. The number of nitrogens with one attached hydrogen (secondary N) is 1. The normalized spacial score (nSPS) is 10.1. The van der Waals surface area contributed by atoms with Crippen LogP contribution in [0.2, 0.25) is 0 Å². The van der Waals surface area contributed by atoms with E-state index in [1.165, 1.54) is 11.1 Å². The molecule has 2 aromatic rings. The second-order valence-corrected chi connectivity index (χ2v) is 3.81. The number of hydrogen-bond donors (Lipinski definition) is 1. The van der Waals surface area contributed by atoms with Crippen molar-refractivity contribution in [2.45, 2.75) is 19.9 Å². The molecule has 0 saturated carbocycles. The van der Waals surface area contributed by atoms with Crippen molar-refractivity contribution >= 4 is 5.69 Å². The van der Waals surface area contributed by atoms with Gasteiger partial charge in [-0.1, -0.05) is 43.3 Å². The molecule has 16 heavy (non-hydrogen) atoms. The maximum atomic E-state index is 3.38. The van der Waals surface area contributed by atoms with E-state index in [1.807, 2.05) is 24.3 Å². The highest BCUT2D eigenvalue weighted by atomic mass is 14.9. The second-order valence-electron chi connectivity index (χ2n) is 3.81. The van der Waals surface area contributed by atoms with E-state index >= 15 is 0 Å². The van der Waals surface area contributed by atoms with Crippen molar-refractivity contribution in [2.24, 2.45) is 0 Å². The molecule has 0 fully saturated rings. The van der Waals surface area contributed by atoms with Crippen LogP contribution in [0.15, 0.2) is 48.5 Å². The summed E-state index contributed by atoms with van der Waals surface area (Å²) in [5, 5.41) is 3.38. The highest BCUT2D eigenvalue weighted by molar-refractivity contribution is 5.43. The van der Waals surface area contributed by atoms with Crippen molar-refractivity contribution in [3.05, 3.63) is 65.7 Å². The first kappa shape index (κ1) is 10.7. The molecule has 1 heteroatoms. The maximum Gasteiger partial charge on any atom is 0.0400 e. The quantitative estimate of drug-likeness (QED) is 0.812. The molecule has 0 aromatic heterocycles. The molecule has 0 spiro atoms. The Morgan fingerprint density at radius 1 is 0.938 bits per heavy atom. The van der Waals surface area contributed by atoms with E-state index in [-0.39, 0.29) is 0 Å². The van der Waals surface area contributed by atoms with E-state index in [2.05, 4.69) is 42.6 Å². The standard InChI is InChI=1S/C15H16N/c1-2-13-8-10-14(11-9-13)12-16-15-6-4-3-5-7-15/h4-11,16H,2,12H2,1H3. The predicted molar refractivity (Wildman–Crippen MR) is 68.4 cm³/mol. The SMILES string of the molecule is CCc1ccc(CNc2cc[c]cc2)cc1. The summed E-state index contributed by atoms with van der Waals surface area (Å²) < 4.78 is 0. The fraction of sp³-hybridized carbons (Fsp3) is 0.200. The minimum atomic E-state index is 0.869. The summed E-state index contributed by atoms with van der Waals surface area (Å²) >= 11 is 0. The van der Waals surface area contributed by atoms with Crippen LogP contribution in [0, 0.1) is 6.07 Å². The average Bonchev–Trinajstić information content (AvgIpc) is 2.38. The first-order valence-corrected chi connectivity index (χ1v) is 5.66. The molecule has 1 radical (unpaired) electrons. The van der Waals surface area contributed by atoms with Crippen molar-refractivity contribution in [1.29, 1.82) is 0 Å². The van der Waals surface area contributed by atoms with Crippen molar-refractivity contribution in [2.75, 3.05) is 5.32 Å². The molecule has 0 bridgehead atoms. The summed E-state index contributed by atoms with van der Waals surface area (Å²) in [7, 11) is 0. The number of anilines is 1. The minimum Gasteiger partial charge on any atom is -0.381 e. The van der Waals surface area contributed by atoms with Crippen LogP contribution in [-0.2, 0) is 13.0 Å². The molecule has 0 amide bonds. The van der Waals surface area contributed by atoms with Crippen molar-refractivity contribution in [1.82, 2.24) is 0 Å². The molecule has 0 aliphatic heterocycles. The van der Waals surface area contributed by atoms with Gasteiger partial charge in [0, 0.05) is 12.2 Å². The van der Waals surface area contributed by atoms with Gasteiger partial charge in [-0.05, 0) is 35.7 Å². The third kappa shape index (κ3) is 2.86. The lowest BCUT2D eigenvalue weighted by Crippen LogP contribution is -1.98. The third-order valence-corrected chi connectivity index (χ3v) is 2.65. The van der Waals surface area contributed by atoms with Crippen LogP contribution in [0.5, 0.6) is 0 Å². The molecule has 0 heterocycles. The smallest absolute Gasteiger partial charge is 0.0400 e. The Morgan fingerprint density at radius 2 is 1.56 bits per heavy atom. The topological polar surface area (TPSA) is 12.0 Å². The Kier molecular flexibility index (Phi) is 3.60. The molecule has 0 unspecified atom stereocenters. The van der Waals surface area contributed by atoms with Crippen LogP contribution < -0.4 is 5.32 Å². The minimum absolute atomic E-state index is 0.869. The van der Waals surface area contributed by atoms with Crippen molar-refractivity contribution in [3.63, 3.8) is 0 Å². The maximum absolute atomic E-state index is 3.38. The number of aryl methyl sites for hydroxylation is 1. The first-order valence-electron chi connectivity index (χ1n) is 5.66. The summed E-state index contributed by atoms with van der Waals surface area (Å²) in [5.41, 5.74) is 3.83. The molecule has 0 saturated heterocycles. The number of hydrogen-bond acceptors (Lipinski definition) is 1. The van der Waals surface area contributed by atoms with Gasteiger partial charge in [0.2, 0.25) is 0 Å². The molecule has 0 aliphatic carbocycles. The van der Waals surface area contributed by atoms with Gasteiger partial charge in [-0.3, -0.25) is 0 Å². The lowest BCUT2D eigenvalue weighted by atomic mass is 10.1. The van der Waals surface area contributed by atoms with Gasteiger partial charge < -0.3 is 5.32 Å². The van der Waals surface area contributed by atoms with Crippen LogP contribution in [0.4, 0.5) is 5.69 Å². The van der Waals surface area contributed by atoms with Crippen LogP contribution in [0.25, 0.3) is 0 Å². The molecule has 81 valence electrons. The Labute approximate surface area is 97.1 Å². The van der Waals surface area contributed by atoms with Crippen LogP contribution in [-0.4, -0.2) is 0 Å². The first-order chi connectivity index (χ1) is 7.88. The third-order valence-electron chi connectivity index (χ3n) is 2.65. The lowest BCUT2D eigenvalue weighted by Gasteiger charge is -2.06. The largest absolute Gasteiger partial charge is 0.381 e. The molecule has 1 N–H and O–H groups in total. The highest BCUT2D eigenvalue weighted by Gasteiger charge is 1.94. The monoisotopic (exact) mass is 210 g/mol. The van der Waals surface area contributed by atoms with E-state index < -0.39 is 0 Å².